The van der Waals surface area contributed by atoms with E-state index >= 15 is 0 Å². The summed E-state index contributed by atoms with van der Waals surface area (Å²) in [5.74, 6) is -0.688. The fourth-order valence-electron chi connectivity index (χ4n) is 3.18. The number of aromatic nitrogens is 1. The summed E-state index contributed by atoms with van der Waals surface area (Å²) in [4.78, 5) is 32.8. The molecule has 0 bridgehead atoms. The Morgan fingerprint density at radius 2 is 1.68 bits per heavy atom. The standard InChI is InChI=1S/C19H18Cl3N3O3/c1-28-19(27)17(12-4-2-3-5-13(12)20)24-8-10-25(11-9-24)18(26)16-14(21)6-7-15(22)23-16/h2-7,17H,8-11H2,1H3/t17-/m0/s1. The van der Waals surface area contributed by atoms with Crippen molar-refractivity contribution in [3.8, 4) is 0 Å². The number of nitrogens with zero attached hydrogens (tertiary/aromatic N) is 3. The molecule has 1 aliphatic rings. The number of carbonyl (C=O) groups is 2. The third-order valence-corrected chi connectivity index (χ3v) is 5.47. The van der Waals surface area contributed by atoms with E-state index in [1.54, 1.807) is 29.2 Å². The molecule has 0 spiro atoms. The van der Waals surface area contributed by atoms with Crippen LogP contribution in [0.15, 0.2) is 36.4 Å². The Balaban J connectivity index is 1.76. The van der Waals surface area contributed by atoms with E-state index < -0.39 is 12.0 Å². The van der Waals surface area contributed by atoms with Crippen LogP contribution in [0.5, 0.6) is 0 Å². The molecule has 148 valence electrons. The minimum atomic E-state index is -0.635. The number of esters is 1. The van der Waals surface area contributed by atoms with E-state index in [2.05, 4.69) is 4.98 Å². The van der Waals surface area contributed by atoms with Crippen molar-refractivity contribution in [1.29, 1.82) is 0 Å². The summed E-state index contributed by atoms with van der Waals surface area (Å²) < 4.78 is 4.99. The number of piperazine rings is 1. The van der Waals surface area contributed by atoms with Crippen LogP contribution in [-0.4, -0.2) is 59.9 Å². The van der Waals surface area contributed by atoms with Crippen molar-refractivity contribution in [3.63, 3.8) is 0 Å². The molecule has 0 unspecified atom stereocenters. The average molecular weight is 443 g/mol. The maximum Gasteiger partial charge on any atom is 0.327 e. The highest BCUT2D eigenvalue weighted by atomic mass is 35.5. The van der Waals surface area contributed by atoms with Gasteiger partial charge in [0.2, 0.25) is 0 Å². The molecule has 1 saturated heterocycles. The van der Waals surface area contributed by atoms with Crippen molar-refractivity contribution in [2.45, 2.75) is 6.04 Å². The van der Waals surface area contributed by atoms with Crippen LogP contribution >= 0.6 is 34.8 Å². The van der Waals surface area contributed by atoms with Crippen LogP contribution in [0.4, 0.5) is 0 Å². The number of carbonyl (C=O) groups excluding carboxylic acids is 2. The SMILES string of the molecule is COC(=O)[C@H](c1ccccc1Cl)N1CCN(C(=O)c2nc(Cl)ccc2Cl)CC1. The zero-order chi connectivity index (χ0) is 20.3. The zero-order valence-corrected chi connectivity index (χ0v) is 17.3. The maximum absolute atomic E-state index is 12.8. The Kier molecular flexibility index (Phi) is 6.78. The van der Waals surface area contributed by atoms with Crippen LogP contribution in [0.25, 0.3) is 0 Å². The van der Waals surface area contributed by atoms with E-state index in [4.69, 9.17) is 39.5 Å². The minimum Gasteiger partial charge on any atom is -0.468 e. The lowest BCUT2D eigenvalue weighted by Crippen LogP contribution is -2.51. The molecule has 1 aliphatic heterocycles. The monoisotopic (exact) mass is 441 g/mol. The number of ether oxygens (including phenoxy) is 1. The Labute approximate surface area is 177 Å². The quantitative estimate of drug-likeness (QED) is 0.533. The summed E-state index contributed by atoms with van der Waals surface area (Å²) in [6.45, 7) is 1.74. The average Bonchev–Trinajstić information content (AvgIpc) is 2.71. The molecular formula is C19H18Cl3N3O3. The molecule has 3 rings (SSSR count). The number of rotatable bonds is 4. The number of halogens is 3. The summed E-state index contributed by atoms with van der Waals surface area (Å²) in [6.07, 6.45) is 0. The largest absolute Gasteiger partial charge is 0.468 e. The molecule has 2 heterocycles. The molecule has 1 fully saturated rings. The van der Waals surface area contributed by atoms with Gasteiger partial charge >= 0.3 is 5.97 Å². The molecule has 9 heteroatoms. The first-order valence-electron chi connectivity index (χ1n) is 8.60. The highest BCUT2D eigenvalue weighted by molar-refractivity contribution is 6.34. The Hall–Kier alpha value is -1.86. The number of amides is 1. The lowest BCUT2D eigenvalue weighted by molar-refractivity contribution is -0.148. The van der Waals surface area contributed by atoms with E-state index in [0.717, 1.165) is 0 Å². The molecule has 0 radical (unpaired) electrons. The molecule has 6 nitrogen and oxygen atoms in total. The molecule has 1 atom stereocenters. The van der Waals surface area contributed by atoms with Gasteiger partial charge in [-0.3, -0.25) is 9.69 Å². The van der Waals surface area contributed by atoms with Gasteiger partial charge in [0, 0.05) is 31.2 Å². The molecule has 0 N–H and O–H groups in total. The van der Waals surface area contributed by atoms with Gasteiger partial charge in [0.05, 0.1) is 12.1 Å². The molecule has 1 amide bonds. The van der Waals surface area contributed by atoms with Gasteiger partial charge in [-0.25, -0.2) is 9.78 Å². The molecule has 1 aromatic heterocycles. The van der Waals surface area contributed by atoms with Gasteiger partial charge in [-0.15, -0.1) is 0 Å². The van der Waals surface area contributed by atoms with Crippen molar-refractivity contribution < 1.29 is 14.3 Å². The van der Waals surface area contributed by atoms with Gasteiger partial charge in [0.1, 0.15) is 16.9 Å². The van der Waals surface area contributed by atoms with Crippen LogP contribution < -0.4 is 0 Å². The lowest BCUT2D eigenvalue weighted by Gasteiger charge is -2.38. The normalized spacial score (nSPS) is 15.9. The van der Waals surface area contributed by atoms with E-state index in [-0.39, 0.29) is 21.8 Å². The third-order valence-electron chi connectivity index (χ3n) is 4.61. The number of hydrogen-bond acceptors (Lipinski definition) is 5. The number of hydrogen-bond donors (Lipinski definition) is 0. The first-order chi connectivity index (χ1) is 13.4. The lowest BCUT2D eigenvalue weighted by atomic mass is 10.0. The van der Waals surface area contributed by atoms with Crippen LogP contribution in [0.1, 0.15) is 22.1 Å². The van der Waals surface area contributed by atoms with Gasteiger partial charge in [-0.2, -0.15) is 0 Å². The minimum absolute atomic E-state index is 0.123. The highest BCUT2D eigenvalue weighted by Gasteiger charge is 2.34. The van der Waals surface area contributed by atoms with E-state index in [0.29, 0.717) is 36.8 Å². The molecular weight excluding hydrogens is 425 g/mol. The summed E-state index contributed by atoms with van der Waals surface area (Å²) >= 11 is 18.3. The van der Waals surface area contributed by atoms with Crippen LogP contribution in [0.3, 0.4) is 0 Å². The molecule has 28 heavy (non-hydrogen) atoms. The summed E-state index contributed by atoms with van der Waals surface area (Å²) in [5.41, 5.74) is 0.800. The Bertz CT molecular complexity index is 886. The predicted molar refractivity (Wildman–Crippen MR) is 108 cm³/mol. The van der Waals surface area contributed by atoms with Crippen LogP contribution in [0, 0.1) is 0 Å². The predicted octanol–water partition coefficient (Wildman–Crippen LogP) is 3.71. The number of benzene rings is 1. The third kappa shape index (κ3) is 4.41. The fourth-order valence-corrected chi connectivity index (χ4v) is 3.76. The van der Waals surface area contributed by atoms with E-state index in [1.165, 1.54) is 13.2 Å². The van der Waals surface area contributed by atoms with Crippen molar-refractivity contribution in [2.24, 2.45) is 0 Å². The second-order valence-electron chi connectivity index (χ2n) is 6.24. The fraction of sp³-hybridized carbons (Fsp3) is 0.316. The number of methoxy groups -OCH3 is 1. The first kappa shape index (κ1) is 20.9. The summed E-state index contributed by atoms with van der Waals surface area (Å²) in [6, 6.07) is 9.61. The van der Waals surface area contributed by atoms with E-state index in [1.807, 2.05) is 11.0 Å². The molecule has 1 aromatic carbocycles. The van der Waals surface area contributed by atoms with Crippen molar-refractivity contribution in [2.75, 3.05) is 33.3 Å². The number of pyridine rings is 1. The topological polar surface area (TPSA) is 62.7 Å². The Morgan fingerprint density at radius 3 is 2.32 bits per heavy atom. The molecule has 2 aromatic rings. The maximum atomic E-state index is 12.8. The molecule has 0 aliphatic carbocycles. The van der Waals surface area contributed by atoms with Crippen molar-refractivity contribution in [3.05, 3.63) is 62.9 Å². The second kappa shape index (κ2) is 9.09. The van der Waals surface area contributed by atoms with Gasteiger partial charge in [-0.05, 0) is 23.8 Å². The van der Waals surface area contributed by atoms with Crippen LogP contribution in [0.2, 0.25) is 15.2 Å². The van der Waals surface area contributed by atoms with Crippen LogP contribution in [-0.2, 0) is 9.53 Å². The van der Waals surface area contributed by atoms with Gasteiger partial charge < -0.3 is 9.64 Å². The second-order valence-corrected chi connectivity index (χ2v) is 7.44. The van der Waals surface area contributed by atoms with Crippen molar-refractivity contribution >= 4 is 46.7 Å². The van der Waals surface area contributed by atoms with Crippen molar-refractivity contribution in [1.82, 2.24) is 14.8 Å². The molecule has 0 saturated carbocycles. The summed E-state index contributed by atoms with van der Waals surface area (Å²) in [5, 5.41) is 0.947. The van der Waals surface area contributed by atoms with E-state index in [9.17, 15) is 9.59 Å². The first-order valence-corrected chi connectivity index (χ1v) is 9.73. The summed E-state index contributed by atoms with van der Waals surface area (Å²) in [7, 11) is 1.35. The van der Waals surface area contributed by atoms with Gasteiger partial charge in [0.15, 0.2) is 0 Å². The highest BCUT2D eigenvalue weighted by Crippen LogP contribution is 2.30. The Morgan fingerprint density at radius 1 is 1.00 bits per heavy atom. The zero-order valence-electron chi connectivity index (χ0n) is 15.1. The van der Waals surface area contributed by atoms with Gasteiger partial charge in [0.25, 0.3) is 5.91 Å². The smallest absolute Gasteiger partial charge is 0.327 e. The van der Waals surface area contributed by atoms with Gasteiger partial charge in [-0.1, -0.05) is 53.0 Å².